The third-order valence-electron chi connectivity index (χ3n) is 3.35. The summed E-state index contributed by atoms with van der Waals surface area (Å²) in [5, 5.41) is 11.1. The molecule has 1 aliphatic heterocycles. The molecule has 1 saturated heterocycles. The van der Waals surface area contributed by atoms with Crippen LogP contribution in [0.5, 0.6) is 0 Å². The lowest BCUT2D eigenvalue weighted by Crippen LogP contribution is -2.42. The van der Waals surface area contributed by atoms with Crippen molar-refractivity contribution >= 4 is 35.0 Å². The first-order chi connectivity index (χ1) is 9.65. The van der Waals surface area contributed by atoms with E-state index in [0.29, 0.717) is 12.2 Å². The maximum atomic E-state index is 12.4. The van der Waals surface area contributed by atoms with Gasteiger partial charge >= 0.3 is 5.97 Å². The molecule has 0 aromatic carbocycles. The largest absolute Gasteiger partial charge is 0.480 e. The Labute approximate surface area is 127 Å². The summed E-state index contributed by atoms with van der Waals surface area (Å²) < 4.78 is 0. The van der Waals surface area contributed by atoms with Gasteiger partial charge in [-0.2, -0.15) is 0 Å². The highest BCUT2D eigenvalue weighted by Gasteiger charge is 2.42. The van der Waals surface area contributed by atoms with Crippen molar-refractivity contribution in [2.75, 3.05) is 5.75 Å². The summed E-state index contributed by atoms with van der Waals surface area (Å²) in [5.74, 6) is -0.466. The molecule has 0 saturated carbocycles. The zero-order valence-corrected chi connectivity index (χ0v) is 13.1. The van der Waals surface area contributed by atoms with Gasteiger partial charge in [-0.25, -0.2) is 4.79 Å². The van der Waals surface area contributed by atoms with Crippen molar-refractivity contribution in [1.82, 2.24) is 4.90 Å². The summed E-state index contributed by atoms with van der Waals surface area (Å²) in [5.41, 5.74) is 0. The highest BCUT2D eigenvalue weighted by molar-refractivity contribution is 7.99. The molecule has 1 aromatic heterocycles. The van der Waals surface area contributed by atoms with Crippen molar-refractivity contribution in [3.63, 3.8) is 0 Å². The first-order valence-electron chi connectivity index (χ1n) is 6.84. The van der Waals surface area contributed by atoms with Crippen LogP contribution in [0.15, 0.2) is 17.5 Å². The molecule has 2 heterocycles. The first kappa shape index (κ1) is 15.4. The van der Waals surface area contributed by atoms with E-state index in [9.17, 15) is 14.7 Å². The van der Waals surface area contributed by atoms with Gasteiger partial charge in [0.1, 0.15) is 11.4 Å². The van der Waals surface area contributed by atoms with Gasteiger partial charge in [0.05, 0.1) is 0 Å². The fraction of sp³-hybridized carbons (Fsp3) is 0.571. The normalized spacial score (nSPS) is 22.1. The van der Waals surface area contributed by atoms with Crippen molar-refractivity contribution in [1.29, 1.82) is 0 Å². The van der Waals surface area contributed by atoms with E-state index in [4.69, 9.17) is 0 Å². The van der Waals surface area contributed by atoms with Crippen LogP contribution in [0.3, 0.4) is 0 Å². The average molecular weight is 313 g/mol. The Kier molecular flexibility index (Phi) is 5.48. The quantitative estimate of drug-likeness (QED) is 0.818. The summed E-state index contributed by atoms with van der Waals surface area (Å²) in [6, 6.07) is 3.22. The molecule has 1 fully saturated rings. The van der Waals surface area contributed by atoms with Crippen molar-refractivity contribution in [2.45, 2.75) is 44.0 Å². The number of rotatable bonds is 6. The molecule has 110 valence electrons. The average Bonchev–Trinajstić information content (AvgIpc) is 3.07. The Hall–Kier alpha value is -1.01. The monoisotopic (exact) mass is 313 g/mol. The van der Waals surface area contributed by atoms with Gasteiger partial charge in [-0.3, -0.25) is 4.79 Å². The molecule has 0 radical (unpaired) electrons. The van der Waals surface area contributed by atoms with Gasteiger partial charge in [0.15, 0.2) is 0 Å². The van der Waals surface area contributed by atoms with Crippen molar-refractivity contribution < 1.29 is 14.7 Å². The molecule has 0 aliphatic carbocycles. The fourth-order valence-corrected chi connectivity index (χ4v) is 4.72. The maximum Gasteiger partial charge on any atom is 0.327 e. The van der Waals surface area contributed by atoms with Crippen LogP contribution in [-0.4, -0.2) is 33.7 Å². The van der Waals surface area contributed by atoms with Crippen LogP contribution >= 0.6 is 23.1 Å². The number of carboxylic acid groups (broad SMARTS) is 1. The minimum absolute atomic E-state index is 0.0331. The van der Waals surface area contributed by atoms with Gasteiger partial charge in [-0.1, -0.05) is 25.8 Å². The predicted molar refractivity (Wildman–Crippen MR) is 81.9 cm³/mol. The van der Waals surface area contributed by atoms with Gasteiger partial charge in [0, 0.05) is 17.1 Å². The molecule has 20 heavy (non-hydrogen) atoms. The summed E-state index contributed by atoms with van der Waals surface area (Å²) in [7, 11) is 0. The third kappa shape index (κ3) is 3.35. The maximum absolute atomic E-state index is 12.4. The number of thiophene rings is 1. The minimum atomic E-state index is -0.902. The molecule has 2 atom stereocenters. The molecular formula is C14H19NO3S2. The fourth-order valence-electron chi connectivity index (χ4n) is 2.31. The third-order valence-corrected chi connectivity index (χ3v) is 5.73. The smallest absolute Gasteiger partial charge is 0.327 e. The molecule has 4 nitrogen and oxygen atoms in total. The highest BCUT2D eigenvalue weighted by atomic mass is 32.2. The molecule has 6 heteroatoms. The number of carbonyl (C=O) groups is 2. The number of thioether (sulfide) groups is 1. The lowest BCUT2D eigenvalue weighted by Gasteiger charge is -2.26. The number of carboxylic acids is 1. The van der Waals surface area contributed by atoms with Crippen LogP contribution in [0.25, 0.3) is 0 Å². The lowest BCUT2D eigenvalue weighted by molar-refractivity contribution is -0.149. The van der Waals surface area contributed by atoms with E-state index >= 15 is 0 Å². The van der Waals surface area contributed by atoms with Crippen LogP contribution < -0.4 is 0 Å². The topological polar surface area (TPSA) is 57.6 Å². The Morgan fingerprint density at radius 3 is 2.85 bits per heavy atom. The van der Waals surface area contributed by atoms with Crippen LogP contribution in [-0.2, 0) is 9.59 Å². The Morgan fingerprint density at radius 2 is 2.25 bits per heavy atom. The van der Waals surface area contributed by atoms with E-state index in [2.05, 4.69) is 6.92 Å². The zero-order chi connectivity index (χ0) is 14.5. The van der Waals surface area contributed by atoms with Crippen molar-refractivity contribution in [3.8, 4) is 0 Å². The second-order valence-electron chi connectivity index (χ2n) is 4.81. The van der Waals surface area contributed by atoms with Gasteiger partial charge in [0.25, 0.3) is 0 Å². The van der Waals surface area contributed by atoms with Crippen LogP contribution in [0, 0.1) is 0 Å². The number of amides is 1. The zero-order valence-electron chi connectivity index (χ0n) is 11.4. The highest BCUT2D eigenvalue weighted by Crippen LogP contribution is 2.43. The molecule has 1 aromatic rings. The number of unbranched alkanes of at least 4 members (excludes halogenated alkanes) is 2. The van der Waals surface area contributed by atoms with E-state index in [1.165, 1.54) is 0 Å². The molecule has 1 amide bonds. The summed E-state index contributed by atoms with van der Waals surface area (Å²) >= 11 is 3.12. The molecule has 1 aliphatic rings. The van der Waals surface area contributed by atoms with Crippen molar-refractivity contribution in [2.24, 2.45) is 0 Å². The van der Waals surface area contributed by atoms with E-state index in [-0.39, 0.29) is 11.3 Å². The van der Waals surface area contributed by atoms with Crippen LogP contribution in [0.2, 0.25) is 0 Å². The minimum Gasteiger partial charge on any atom is -0.480 e. The second kappa shape index (κ2) is 7.13. The van der Waals surface area contributed by atoms with Crippen LogP contribution in [0.1, 0.15) is 42.9 Å². The Balaban J connectivity index is 2.12. The molecule has 2 rings (SSSR count). The number of aliphatic carboxylic acids is 1. The number of nitrogens with zero attached hydrogens (tertiary/aromatic N) is 1. The van der Waals surface area contributed by atoms with Gasteiger partial charge in [-0.15, -0.1) is 23.1 Å². The SMILES string of the molecule is CCCCCC(=O)N1C(C(=O)O)CSC1c1cccs1. The van der Waals surface area contributed by atoms with Gasteiger partial charge < -0.3 is 10.0 Å². The van der Waals surface area contributed by atoms with Gasteiger partial charge in [0.2, 0.25) is 5.91 Å². The van der Waals surface area contributed by atoms with E-state index in [0.717, 1.165) is 24.1 Å². The molecule has 2 unspecified atom stereocenters. The predicted octanol–water partition coefficient (Wildman–Crippen LogP) is 3.36. The Morgan fingerprint density at radius 1 is 1.45 bits per heavy atom. The lowest BCUT2D eigenvalue weighted by atomic mass is 10.1. The van der Waals surface area contributed by atoms with E-state index in [1.807, 2.05) is 17.5 Å². The first-order valence-corrected chi connectivity index (χ1v) is 8.77. The summed E-state index contributed by atoms with van der Waals surface area (Å²) in [6.07, 6.45) is 3.34. The summed E-state index contributed by atoms with van der Waals surface area (Å²) in [4.78, 5) is 26.4. The number of hydrogen-bond donors (Lipinski definition) is 1. The summed E-state index contributed by atoms with van der Waals surface area (Å²) in [6.45, 7) is 2.09. The van der Waals surface area contributed by atoms with Crippen LogP contribution in [0.4, 0.5) is 0 Å². The molecule has 1 N–H and O–H groups in total. The second-order valence-corrected chi connectivity index (χ2v) is 6.91. The Bertz CT molecular complexity index is 461. The number of hydrogen-bond acceptors (Lipinski definition) is 4. The molecular weight excluding hydrogens is 294 g/mol. The standard InChI is InChI=1S/C14H19NO3S2/c1-2-3-4-7-12(16)15-10(14(17)18)9-20-13(15)11-6-5-8-19-11/h5-6,8,10,13H,2-4,7,9H2,1H3,(H,17,18). The van der Waals surface area contributed by atoms with Crippen molar-refractivity contribution in [3.05, 3.63) is 22.4 Å². The van der Waals surface area contributed by atoms with E-state index < -0.39 is 12.0 Å². The van der Waals surface area contributed by atoms with Gasteiger partial charge in [-0.05, 0) is 17.9 Å². The number of carbonyl (C=O) groups excluding carboxylic acids is 1. The molecule has 0 spiro atoms. The van der Waals surface area contributed by atoms with E-state index in [1.54, 1.807) is 28.0 Å². The molecule has 0 bridgehead atoms.